The minimum absolute atomic E-state index is 0.522. The van der Waals surface area contributed by atoms with Crippen molar-refractivity contribution in [1.82, 2.24) is 4.98 Å². The maximum atomic E-state index is 4.16. The topological polar surface area (TPSA) is 24.9 Å². The second kappa shape index (κ2) is 5.17. The zero-order valence-electron chi connectivity index (χ0n) is 10.8. The molecule has 1 aromatic heterocycles. The van der Waals surface area contributed by atoms with Gasteiger partial charge in [-0.15, -0.1) is 0 Å². The van der Waals surface area contributed by atoms with E-state index in [2.05, 4.69) is 55.3 Å². The average molecular weight is 228 g/mol. The van der Waals surface area contributed by atoms with Gasteiger partial charge in [-0.2, -0.15) is 0 Å². The Kier molecular flexibility index (Phi) is 3.62. The first-order valence-electron chi connectivity index (χ1n) is 6.31. The number of fused-ring (bicyclic) bond motifs is 1. The van der Waals surface area contributed by atoms with Gasteiger partial charge in [-0.3, -0.25) is 4.98 Å². The number of anilines is 1. The summed E-state index contributed by atoms with van der Waals surface area (Å²) in [5, 5.41) is 6.09. The number of aromatic nitrogens is 1. The number of pyridine rings is 1. The van der Waals surface area contributed by atoms with Crippen LogP contribution in [0.5, 0.6) is 0 Å². The van der Waals surface area contributed by atoms with Crippen molar-refractivity contribution in [3.05, 3.63) is 36.7 Å². The smallest absolute Gasteiger partial charge is 0.0423 e. The first-order valence-corrected chi connectivity index (χ1v) is 6.31. The highest BCUT2D eigenvalue weighted by atomic mass is 14.9. The maximum absolute atomic E-state index is 4.16. The molecule has 0 aliphatic carbocycles. The van der Waals surface area contributed by atoms with E-state index >= 15 is 0 Å². The minimum Gasteiger partial charge on any atom is -0.382 e. The standard InChI is InChI=1S/C15H20N2/c1-4-14(11(2)3)17-15-7-5-6-12-10-16-9-8-13(12)15/h5-11,14,17H,4H2,1-3H3. The third kappa shape index (κ3) is 2.57. The predicted molar refractivity (Wildman–Crippen MR) is 74.3 cm³/mol. The third-order valence-corrected chi connectivity index (χ3v) is 3.27. The van der Waals surface area contributed by atoms with E-state index in [-0.39, 0.29) is 0 Å². The molecule has 1 heterocycles. The Labute approximate surface area is 103 Å². The Balaban J connectivity index is 2.35. The molecule has 2 heteroatoms. The van der Waals surface area contributed by atoms with E-state index in [0.29, 0.717) is 12.0 Å². The van der Waals surface area contributed by atoms with E-state index in [0.717, 1.165) is 6.42 Å². The number of hydrogen-bond donors (Lipinski definition) is 1. The zero-order valence-corrected chi connectivity index (χ0v) is 10.8. The average Bonchev–Trinajstić information content (AvgIpc) is 2.35. The van der Waals surface area contributed by atoms with Gasteiger partial charge in [0, 0.05) is 34.9 Å². The van der Waals surface area contributed by atoms with Crippen LogP contribution in [0, 0.1) is 5.92 Å². The highest BCUT2D eigenvalue weighted by molar-refractivity contribution is 5.93. The van der Waals surface area contributed by atoms with Gasteiger partial charge in [-0.25, -0.2) is 0 Å². The molecule has 1 aromatic carbocycles. The number of hydrogen-bond acceptors (Lipinski definition) is 2. The Hall–Kier alpha value is -1.57. The van der Waals surface area contributed by atoms with Crippen LogP contribution in [0.15, 0.2) is 36.7 Å². The number of nitrogens with one attached hydrogen (secondary N) is 1. The highest BCUT2D eigenvalue weighted by Gasteiger charge is 2.11. The van der Waals surface area contributed by atoms with Crippen LogP contribution in [-0.4, -0.2) is 11.0 Å². The Bertz CT molecular complexity index is 486. The van der Waals surface area contributed by atoms with Crippen LogP contribution in [-0.2, 0) is 0 Å². The molecule has 0 aliphatic heterocycles. The van der Waals surface area contributed by atoms with Crippen molar-refractivity contribution in [2.45, 2.75) is 33.2 Å². The molecule has 0 amide bonds. The molecule has 2 aromatic rings. The Morgan fingerprint density at radius 2 is 2.06 bits per heavy atom. The van der Waals surface area contributed by atoms with Crippen LogP contribution >= 0.6 is 0 Å². The van der Waals surface area contributed by atoms with E-state index in [1.54, 1.807) is 0 Å². The first-order chi connectivity index (χ1) is 8.22. The van der Waals surface area contributed by atoms with Gasteiger partial charge < -0.3 is 5.32 Å². The summed E-state index contributed by atoms with van der Waals surface area (Å²) in [6, 6.07) is 8.93. The molecule has 0 aliphatic rings. The van der Waals surface area contributed by atoms with Crippen molar-refractivity contribution in [3.63, 3.8) is 0 Å². The molecular formula is C15H20N2. The number of benzene rings is 1. The molecule has 0 saturated carbocycles. The molecule has 1 N–H and O–H groups in total. The summed E-state index contributed by atoms with van der Waals surface area (Å²) in [6.45, 7) is 6.74. The van der Waals surface area contributed by atoms with E-state index in [1.807, 2.05) is 12.4 Å². The summed E-state index contributed by atoms with van der Waals surface area (Å²) >= 11 is 0. The lowest BCUT2D eigenvalue weighted by Crippen LogP contribution is -2.24. The van der Waals surface area contributed by atoms with E-state index in [9.17, 15) is 0 Å². The van der Waals surface area contributed by atoms with Gasteiger partial charge in [0.15, 0.2) is 0 Å². The summed E-state index contributed by atoms with van der Waals surface area (Å²) in [5.74, 6) is 0.636. The fourth-order valence-corrected chi connectivity index (χ4v) is 2.19. The Morgan fingerprint density at radius 3 is 2.76 bits per heavy atom. The summed E-state index contributed by atoms with van der Waals surface area (Å²) in [6.07, 6.45) is 4.90. The van der Waals surface area contributed by atoms with Gasteiger partial charge in [0.25, 0.3) is 0 Å². The molecule has 0 fully saturated rings. The largest absolute Gasteiger partial charge is 0.382 e. The van der Waals surface area contributed by atoms with Gasteiger partial charge in [0.05, 0.1) is 0 Å². The minimum atomic E-state index is 0.522. The summed E-state index contributed by atoms with van der Waals surface area (Å²) in [5.41, 5.74) is 1.21. The number of rotatable bonds is 4. The first kappa shape index (κ1) is 11.9. The van der Waals surface area contributed by atoms with Crippen LogP contribution in [0.4, 0.5) is 5.69 Å². The molecule has 0 spiro atoms. The van der Waals surface area contributed by atoms with E-state index in [1.165, 1.54) is 16.5 Å². The fraction of sp³-hybridized carbons (Fsp3) is 0.400. The van der Waals surface area contributed by atoms with Gasteiger partial charge in [0.2, 0.25) is 0 Å². The lowest BCUT2D eigenvalue weighted by molar-refractivity contribution is 0.512. The molecular weight excluding hydrogens is 208 g/mol. The monoisotopic (exact) mass is 228 g/mol. The molecule has 0 radical (unpaired) electrons. The fourth-order valence-electron chi connectivity index (χ4n) is 2.19. The SMILES string of the molecule is CCC(Nc1cccc2cnccc12)C(C)C. The maximum Gasteiger partial charge on any atom is 0.0423 e. The lowest BCUT2D eigenvalue weighted by atomic mass is 10.0. The van der Waals surface area contributed by atoms with Crippen molar-refractivity contribution in [3.8, 4) is 0 Å². The van der Waals surface area contributed by atoms with Crippen LogP contribution in [0.1, 0.15) is 27.2 Å². The van der Waals surface area contributed by atoms with E-state index < -0.39 is 0 Å². The molecule has 1 unspecified atom stereocenters. The summed E-state index contributed by atoms with van der Waals surface area (Å²) in [4.78, 5) is 4.16. The van der Waals surface area contributed by atoms with Crippen molar-refractivity contribution < 1.29 is 0 Å². The van der Waals surface area contributed by atoms with E-state index in [4.69, 9.17) is 0 Å². The quantitative estimate of drug-likeness (QED) is 0.852. The second-order valence-electron chi connectivity index (χ2n) is 4.81. The second-order valence-corrected chi connectivity index (χ2v) is 4.81. The lowest BCUT2D eigenvalue weighted by Gasteiger charge is -2.22. The third-order valence-electron chi connectivity index (χ3n) is 3.27. The Morgan fingerprint density at radius 1 is 1.24 bits per heavy atom. The molecule has 2 rings (SSSR count). The van der Waals surface area contributed by atoms with Gasteiger partial charge in [0.1, 0.15) is 0 Å². The van der Waals surface area contributed by atoms with Gasteiger partial charge >= 0.3 is 0 Å². The highest BCUT2D eigenvalue weighted by Crippen LogP contribution is 2.24. The van der Waals surface area contributed by atoms with Gasteiger partial charge in [-0.05, 0) is 24.5 Å². The van der Waals surface area contributed by atoms with Gasteiger partial charge in [-0.1, -0.05) is 32.9 Å². The van der Waals surface area contributed by atoms with Crippen molar-refractivity contribution in [1.29, 1.82) is 0 Å². The molecule has 90 valence electrons. The molecule has 0 saturated heterocycles. The van der Waals surface area contributed by atoms with Crippen LogP contribution < -0.4 is 5.32 Å². The van der Waals surface area contributed by atoms with Crippen molar-refractivity contribution >= 4 is 16.5 Å². The summed E-state index contributed by atoms with van der Waals surface area (Å²) in [7, 11) is 0. The van der Waals surface area contributed by atoms with Crippen LogP contribution in [0.25, 0.3) is 10.8 Å². The predicted octanol–water partition coefficient (Wildman–Crippen LogP) is 4.08. The van der Waals surface area contributed by atoms with Crippen LogP contribution in [0.3, 0.4) is 0 Å². The molecule has 17 heavy (non-hydrogen) atoms. The molecule has 2 nitrogen and oxygen atoms in total. The number of nitrogens with zero attached hydrogens (tertiary/aromatic N) is 1. The van der Waals surface area contributed by atoms with Crippen molar-refractivity contribution in [2.24, 2.45) is 5.92 Å². The zero-order chi connectivity index (χ0) is 12.3. The molecule has 0 bridgehead atoms. The van der Waals surface area contributed by atoms with Crippen LogP contribution in [0.2, 0.25) is 0 Å². The normalized spacial score (nSPS) is 12.9. The summed E-state index contributed by atoms with van der Waals surface area (Å²) < 4.78 is 0. The van der Waals surface area contributed by atoms with Crippen molar-refractivity contribution in [2.75, 3.05) is 5.32 Å². The molecule has 1 atom stereocenters.